The summed E-state index contributed by atoms with van der Waals surface area (Å²) in [6, 6.07) is 15.1. The van der Waals surface area contributed by atoms with E-state index in [1.165, 1.54) is 0 Å². The summed E-state index contributed by atoms with van der Waals surface area (Å²) < 4.78 is 49.1. The molecule has 0 fully saturated rings. The first-order chi connectivity index (χ1) is 12.9. The van der Waals surface area contributed by atoms with Gasteiger partial charge < -0.3 is 9.26 Å². The van der Waals surface area contributed by atoms with E-state index in [0.29, 0.717) is 11.5 Å². The van der Waals surface area contributed by atoms with E-state index in [1.807, 2.05) is 30.3 Å². The summed E-state index contributed by atoms with van der Waals surface area (Å²) in [5.74, 6) is -0.820. The highest BCUT2D eigenvalue weighted by atomic mass is 32.2. The lowest BCUT2D eigenvalue weighted by Crippen LogP contribution is -2.30. The minimum Gasteiger partial charge on any atom is -0.458 e. The molecule has 27 heavy (non-hydrogen) atoms. The highest BCUT2D eigenvalue weighted by Gasteiger charge is 2.16. The van der Waals surface area contributed by atoms with Crippen molar-refractivity contribution in [2.24, 2.45) is 0 Å². The topological polar surface area (TPSA) is 98.5 Å². The van der Waals surface area contributed by atoms with Crippen molar-refractivity contribution in [3.63, 3.8) is 0 Å². The third kappa shape index (κ3) is 4.99. The highest BCUT2D eigenvalue weighted by Crippen LogP contribution is 2.20. The fourth-order valence-corrected chi connectivity index (χ4v) is 3.14. The van der Waals surface area contributed by atoms with Gasteiger partial charge in [-0.1, -0.05) is 35.5 Å². The van der Waals surface area contributed by atoms with E-state index in [9.17, 15) is 17.6 Å². The van der Waals surface area contributed by atoms with Gasteiger partial charge >= 0.3 is 5.97 Å². The molecule has 1 aromatic heterocycles. The second-order valence-electron chi connectivity index (χ2n) is 5.49. The van der Waals surface area contributed by atoms with Gasteiger partial charge in [0.15, 0.2) is 5.76 Å². The number of carbonyl (C=O) groups excluding carboxylic acids is 1. The number of esters is 1. The number of nitrogens with zero attached hydrogens (tertiary/aromatic N) is 1. The van der Waals surface area contributed by atoms with Crippen LogP contribution in [0.1, 0.15) is 5.69 Å². The van der Waals surface area contributed by atoms with Gasteiger partial charge in [-0.25, -0.2) is 12.8 Å². The fraction of sp³-hybridized carbons (Fsp3) is 0.111. The molecule has 2 aromatic carbocycles. The molecule has 3 aromatic rings. The van der Waals surface area contributed by atoms with Gasteiger partial charge in [0.2, 0.25) is 10.0 Å². The third-order valence-corrected chi connectivity index (χ3v) is 4.95. The number of halogens is 1. The van der Waals surface area contributed by atoms with Crippen LogP contribution in [0.4, 0.5) is 4.39 Å². The highest BCUT2D eigenvalue weighted by molar-refractivity contribution is 7.89. The van der Waals surface area contributed by atoms with Crippen molar-refractivity contribution < 1.29 is 26.9 Å². The zero-order chi connectivity index (χ0) is 19.3. The Morgan fingerprint density at radius 3 is 2.52 bits per heavy atom. The largest absolute Gasteiger partial charge is 0.458 e. The van der Waals surface area contributed by atoms with E-state index in [4.69, 9.17) is 9.26 Å². The number of ether oxygens (including phenoxy) is 1. The van der Waals surface area contributed by atoms with Crippen LogP contribution in [0.25, 0.3) is 11.3 Å². The number of benzene rings is 2. The normalized spacial score (nSPS) is 11.3. The van der Waals surface area contributed by atoms with E-state index >= 15 is 0 Å². The monoisotopic (exact) mass is 390 g/mol. The Kier molecular flexibility index (Phi) is 5.63. The van der Waals surface area contributed by atoms with E-state index < -0.39 is 28.4 Å². The molecule has 140 valence electrons. The first-order valence-corrected chi connectivity index (χ1v) is 9.34. The molecule has 0 radical (unpaired) electrons. The fourth-order valence-electron chi connectivity index (χ4n) is 2.17. The number of hydrogen-bond acceptors (Lipinski definition) is 6. The average molecular weight is 390 g/mol. The summed E-state index contributed by atoms with van der Waals surface area (Å²) >= 11 is 0. The Balaban J connectivity index is 1.51. The Morgan fingerprint density at radius 2 is 1.81 bits per heavy atom. The number of hydrogen-bond donors (Lipinski definition) is 1. The Hall–Kier alpha value is -3.04. The third-order valence-electron chi connectivity index (χ3n) is 3.53. The minimum atomic E-state index is -3.94. The van der Waals surface area contributed by atoms with E-state index in [0.717, 1.165) is 29.8 Å². The molecule has 0 saturated carbocycles. The number of rotatable bonds is 7. The number of sulfonamides is 1. The average Bonchev–Trinajstić information content (AvgIpc) is 3.15. The first kappa shape index (κ1) is 18.7. The minimum absolute atomic E-state index is 0.152. The predicted molar refractivity (Wildman–Crippen MR) is 93.3 cm³/mol. The molecule has 0 spiro atoms. The van der Waals surface area contributed by atoms with Crippen molar-refractivity contribution in [3.05, 3.63) is 72.2 Å². The second kappa shape index (κ2) is 8.11. The second-order valence-corrected chi connectivity index (χ2v) is 7.25. The Morgan fingerprint density at radius 1 is 1.11 bits per heavy atom. The van der Waals surface area contributed by atoms with Crippen LogP contribution in [0.15, 0.2) is 70.1 Å². The van der Waals surface area contributed by atoms with Crippen molar-refractivity contribution in [2.75, 3.05) is 6.54 Å². The standard InChI is InChI=1S/C18H15FN2O5S/c19-14-6-8-16(9-7-14)27(23,24)20-11-18(22)25-12-15-10-17(26-21-15)13-4-2-1-3-5-13/h1-10,20H,11-12H2. The van der Waals surface area contributed by atoms with Gasteiger partial charge in [0.25, 0.3) is 0 Å². The summed E-state index contributed by atoms with van der Waals surface area (Å²) in [5.41, 5.74) is 1.22. The maximum absolute atomic E-state index is 12.9. The van der Waals surface area contributed by atoms with Crippen molar-refractivity contribution in [1.29, 1.82) is 0 Å². The van der Waals surface area contributed by atoms with Gasteiger partial charge in [-0.05, 0) is 24.3 Å². The van der Waals surface area contributed by atoms with Gasteiger partial charge in [-0.3, -0.25) is 4.79 Å². The first-order valence-electron chi connectivity index (χ1n) is 7.86. The SMILES string of the molecule is O=C(CNS(=O)(=O)c1ccc(F)cc1)OCc1cc(-c2ccccc2)on1. The summed E-state index contributed by atoms with van der Waals surface area (Å²) in [5, 5.41) is 3.80. The van der Waals surface area contributed by atoms with E-state index in [2.05, 4.69) is 9.88 Å². The molecule has 1 N–H and O–H groups in total. The summed E-state index contributed by atoms with van der Waals surface area (Å²) in [4.78, 5) is 11.6. The summed E-state index contributed by atoms with van der Waals surface area (Å²) in [6.07, 6.45) is 0. The quantitative estimate of drug-likeness (QED) is 0.623. The molecule has 0 aliphatic heterocycles. The number of aromatic nitrogens is 1. The molecule has 0 bridgehead atoms. The molecule has 3 rings (SSSR count). The molecule has 0 aliphatic rings. The van der Waals surface area contributed by atoms with Crippen molar-refractivity contribution in [2.45, 2.75) is 11.5 Å². The molecule has 0 aliphatic carbocycles. The molecular weight excluding hydrogens is 375 g/mol. The van der Waals surface area contributed by atoms with Crippen LogP contribution in [-0.2, 0) is 26.2 Å². The molecule has 9 heteroatoms. The lowest BCUT2D eigenvalue weighted by molar-refractivity contribution is -0.143. The Labute approximate surface area is 154 Å². The van der Waals surface area contributed by atoms with Gasteiger partial charge in [0.1, 0.15) is 24.7 Å². The molecule has 0 saturated heterocycles. The van der Waals surface area contributed by atoms with Crippen molar-refractivity contribution >= 4 is 16.0 Å². The molecule has 7 nitrogen and oxygen atoms in total. The van der Waals surface area contributed by atoms with Crippen LogP contribution in [0.3, 0.4) is 0 Å². The lowest BCUT2D eigenvalue weighted by atomic mass is 10.2. The maximum Gasteiger partial charge on any atom is 0.321 e. The summed E-state index contributed by atoms with van der Waals surface area (Å²) in [6.45, 7) is -0.726. The number of nitrogens with one attached hydrogen (secondary N) is 1. The number of carbonyl (C=O) groups is 1. The molecule has 0 amide bonds. The lowest BCUT2D eigenvalue weighted by Gasteiger charge is -2.06. The molecule has 0 atom stereocenters. The van der Waals surface area contributed by atoms with Crippen LogP contribution >= 0.6 is 0 Å². The maximum atomic E-state index is 12.9. The van der Waals surface area contributed by atoms with Crippen molar-refractivity contribution in [3.8, 4) is 11.3 Å². The molecule has 1 heterocycles. The van der Waals surface area contributed by atoms with Gasteiger partial charge in [-0.2, -0.15) is 4.72 Å². The van der Waals surface area contributed by atoms with Crippen LogP contribution in [-0.4, -0.2) is 26.1 Å². The van der Waals surface area contributed by atoms with Crippen LogP contribution < -0.4 is 4.72 Å². The molecular formula is C18H15FN2O5S. The zero-order valence-corrected chi connectivity index (χ0v) is 14.8. The van der Waals surface area contributed by atoms with E-state index in [1.54, 1.807) is 6.07 Å². The van der Waals surface area contributed by atoms with E-state index in [-0.39, 0.29) is 11.5 Å². The van der Waals surface area contributed by atoms with Crippen LogP contribution in [0.5, 0.6) is 0 Å². The Bertz CT molecular complexity index is 1020. The van der Waals surface area contributed by atoms with Crippen molar-refractivity contribution in [1.82, 2.24) is 9.88 Å². The van der Waals surface area contributed by atoms with Gasteiger partial charge in [0.05, 0.1) is 4.90 Å². The summed E-state index contributed by atoms with van der Waals surface area (Å²) in [7, 11) is -3.94. The van der Waals surface area contributed by atoms with Gasteiger partial charge in [0, 0.05) is 11.6 Å². The predicted octanol–water partition coefficient (Wildman–Crippen LogP) is 2.50. The zero-order valence-electron chi connectivity index (χ0n) is 14.0. The van der Waals surface area contributed by atoms with Gasteiger partial charge in [-0.15, -0.1) is 0 Å². The van der Waals surface area contributed by atoms with Crippen LogP contribution in [0, 0.1) is 5.82 Å². The smallest absolute Gasteiger partial charge is 0.321 e. The molecule has 0 unspecified atom stereocenters. The van der Waals surface area contributed by atoms with Crippen LogP contribution in [0.2, 0.25) is 0 Å².